The second kappa shape index (κ2) is 9.00. The monoisotopic (exact) mass is 458 g/mol. The number of hydrogen-bond acceptors (Lipinski definition) is 4. The summed E-state index contributed by atoms with van der Waals surface area (Å²) in [5, 5.41) is 15.6. The number of hydrogen-bond donors (Lipinski definition) is 1. The van der Waals surface area contributed by atoms with Gasteiger partial charge in [0.1, 0.15) is 11.4 Å². The average Bonchev–Trinajstić information content (AvgIpc) is 3.31. The zero-order valence-electron chi connectivity index (χ0n) is 17.9. The largest absolute Gasteiger partial charge is 0.506 e. The first-order valence-electron chi connectivity index (χ1n) is 10.8. The zero-order valence-corrected chi connectivity index (χ0v) is 18.7. The van der Waals surface area contributed by atoms with Gasteiger partial charge in [-0.15, -0.1) is 0 Å². The minimum atomic E-state index is -0.0662. The van der Waals surface area contributed by atoms with Crippen LogP contribution in [0.25, 0.3) is 16.9 Å². The predicted molar refractivity (Wildman–Crippen MR) is 130 cm³/mol. The first-order chi connectivity index (χ1) is 16.1. The second-order valence-corrected chi connectivity index (χ2v) is 8.37. The van der Waals surface area contributed by atoms with Crippen LogP contribution in [0.15, 0.2) is 84.9 Å². The summed E-state index contributed by atoms with van der Waals surface area (Å²) >= 11 is 6.04. The fraction of sp³-hybridized carbons (Fsp3) is 0.154. The number of phenolic OH excluding ortho intramolecular Hbond substituents is 1. The lowest BCUT2D eigenvalue weighted by molar-refractivity contribution is 0.0737. The van der Waals surface area contributed by atoms with Crippen molar-refractivity contribution in [1.82, 2.24) is 14.7 Å². The molecule has 6 nitrogen and oxygen atoms in total. The Labute approximate surface area is 197 Å². The van der Waals surface area contributed by atoms with E-state index in [1.54, 1.807) is 10.7 Å². The molecule has 1 aliphatic rings. The van der Waals surface area contributed by atoms with Gasteiger partial charge in [0, 0.05) is 36.8 Å². The lowest BCUT2D eigenvalue weighted by Crippen LogP contribution is -2.49. The number of aromatic hydroxyl groups is 1. The van der Waals surface area contributed by atoms with Crippen molar-refractivity contribution < 1.29 is 9.90 Å². The van der Waals surface area contributed by atoms with Gasteiger partial charge in [0.15, 0.2) is 0 Å². The molecule has 1 N–H and O–H groups in total. The van der Waals surface area contributed by atoms with E-state index in [1.807, 2.05) is 83.8 Å². The highest BCUT2D eigenvalue weighted by Gasteiger charge is 2.27. The van der Waals surface area contributed by atoms with E-state index in [4.69, 9.17) is 16.7 Å². The summed E-state index contributed by atoms with van der Waals surface area (Å²) in [6, 6.07) is 26.2. The summed E-state index contributed by atoms with van der Waals surface area (Å²) < 4.78 is 1.71. The third-order valence-electron chi connectivity index (χ3n) is 5.86. The summed E-state index contributed by atoms with van der Waals surface area (Å²) in [4.78, 5) is 17.5. The molecule has 0 aliphatic carbocycles. The van der Waals surface area contributed by atoms with Crippen LogP contribution in [0.5, 0.6) is 5.75 Å². The Hall–Kier alpha value is -3.77. The lowest BCUT2D eigenvalue weighted by atomic mass is 10.1. The molecule has 0 spiro atoms. The number of amides is 1. The van der Waals surface area contributed by atoms with Crippen LogP contribution in [-0.2, 0) is 0 Å². The molecule has 4 aromatic rings. The summed E-state index contributed by atoms with van der Waals surface area (Å²) in [6.07, 6.45) is 0. The van der Waals surface area contributed by atoms with E-state index in [1.165, 1.54) is 0 Å². The van der Waals surface area contributed by atoms with Crippen molar-refractivity contribution in [2.45, 2.75) is 0 Å². The Kier molecular flexibility index (Phi) is 5.75. The van der Waals surface area contributed by atoms with E-state index >= 15 is 0 Å². The number of carbonyl (C=O) groups is 1. The SMILES string of the molecule is O=C(c1cc(-c2ccc(Cl)cc2)nn1-c1ccccc1)N1CCN(c2ccccc2O)CC1. The van der Waals surface area contributed by atoms with Crippen molar-refractivity contribution in [1.29, 1.82) is 0 Å². The maximum Gasteiger partial charge on any atom is 0.272 e. The van der Waals surface area contributed by atoms with Gasteiger partial charge in [-0.1, -0.05) is 54.1 Å². The summed E-state index contributed by atoms with van der Waals surface area (Å²) in [6.45, 7) is 2.41. The third-order valence-corrected chi connectivity index (χ3v) is 6.11. The molecule has 5 rings (SSSR count). The molecule has 1 aromatic heterocycles. The Morgan fingerprint density at radius 1 is 0.848 bits per heavy atom. The maximum absolute atomic E-state index is 13.6. The molecule has 166 valence electrons. The van der Waals surface area contributed by atoms with Crippen LogP contribution in [0, 0.1) is 0 Å². The standard InChI is InChI=1S/C26H23ClN4O2/c27-20-12-10-19(11-13-20)22-18-24(31(28-22)21-6-2-1-3-7-21)26(33)30-16-14-29(15-17-30)23-8-4-5-9-25(23)32/h1-13,18,32H,14-17H2. The first-order valence-corrected chi connectivity index (χ1v) is 11.2. The number of anilines is 1. The van der Waals surface area contributed by atoms with Gasteiger partial charge in [-0.05, 0) is 42.5 Å². The molecular formula is C26H23ClN4O2. The summed E-state index contributed by atoms with van der Waals surface area (Å²) in [5.74, 6) is 0.190. The molecular weight excluding hydrogens is 436 g/mol. The molecule has 33 heavy (non-hydrogen) atoms. The van der Waals surface area contributed by atoms with E-state index in [0.717, 1.165) is 16.9 Å². The van der Waals surface area contributed by atoms with Gasteiger partial charge in [-0.25, -0.2) is 4.68 Å². The van der Waals surface area contributed by atoms with Gasteiger partial charge >= 0.3 is 0 Å². The Bertz CT molecular complexity index is 1260. The number of nitrogens with zero attached hydrogens (tertiary/aromatic N) is 4. The lowest BCUT2D eigenvalue weighted by Gasteiger charge is -2.36. The number of aromatic nitrogens is 2. The Balaban J connectivity index is 1.42. The van der Waals surface area contributed by atoms with Crippen LogP contribution < -0.4 is 4.90 Å². The van der Waals surface area contributed by atoms with Crippen LogP contribution in [0.3, 0.4) is 0 Å². The molecule has 0 atom stereocenters. The van der Waals surface area contributed by atoms with Crippen LogP contribution in [0.1, 0.15) is 10.5 Å². The molecule has 1 aliphatic heterocycles. The van der Waals surface area contributed by atoms with Crippen molar-refractivity contribution in [2.24, 2.45) is 0 Å². The number of para-hydroxylation sites is 3. The smallest absolute Gasteiger partial charge is 0.272 e. The van der Waals surface area contributed by atoms with Crippen LogP contribution in [0.2, 0.25) is 5.02 Å². The van der Waals surface area contributed by atoms with E-state index in [0.29, 0.717) is 42.6 Å². The van der Waals surface area contributed by atoms with Crippen molar-refractivity contribution in [3.05, 3.63) is 95.6 Å². The number of piperazine rings is 1. The van der Waals surface area contributed by atoms with Gasteiger partial charge in [0.05, 0.1) is 17.1 Å². The molecule has 1 amide bonds. The number of carbonyl (C=O) groups excluding carboxylic acids is 1. The fourth-order valence-corrected chi connectivity index (χ4v) is 4.23. The first kappa shape index (κ1) is 21.1. The van der Waals surface area contributed by atoms with Crippen molar-refractivity contribution in [3.8, 4) is 22.7 Å². The Morgan fingerprint density at radius 2 is 1.52 bits per heavy atom. The molecule has 1 saturated heterocycles. The molecule has 0 radical (unpaired) electrons. The highest BCUT2D eigenvalue weighted by atomic mass is 35.5. The van der Waals surface area contributed by atoms with E-state index < -0.39 is 0 Å². The zero-order chi connectivity index (χ0) is 22.8. The molecule has 2 heterocycles. The normalized spacial score (nSPS) is 13.8. The highest BCUT2D eigenvalue weighted by Crippen LogP contribution is 2.28. The summed E-state index contributed by atoms with van der Waals surface area (Å²) in [7, 11) is 0. The van der Waals surface area contributed by atoms with Gasteiger partial charge in [-0.2, -0.15) is 5.10 Å². The summed E-state index contributed by atoms with van der Waals surface area (Å²) in [5.41, 5.74) is 3.75. The van der Waals surface area contributed by atoms with Crippen LogP contribution >= 0.6 is 11.6 Å². The number of phenols is 1. The van der Waals surface area contributed by atoms with Gasteiger partial charge in [-0.3, -0.25) is 4.79 Å². The van der Waals surface area contributed by atoms with Gasteiger partial charge in [0.25, 0.3) is 5.91 Å². The fourth-order valence-electron chi connectivity index (χ4n) is 4.11. The molecule has 3 aromatic carbocycles. The maximum atomic E-state index is 13.6. The van der Waals surface area contributed by atoms with Crippen molar-refractivity contribution in [2.75, 3.05) is 31.1 Å². The second-order valence-electron chi connectivity index (χ2n) is 7.94. The van der Waals surface area contributed by atoms with Gasteiger partial charge in [0.2, 0.25) is 0 Å². The van der Waals surface area contributed by atoms with E-state index in [9.17, 15) is 9.90 Å². The molecule has 0 saturated carbocycles. The predicted octanol–water partition coefficient (Wildman–Crippen LogP) is 4.86. The van der Waals surface area contributed by atoms with Crippen molar-refractivity contribution >= 4 is 23.2 Å². The van der Waals surface area contributed by atoms with Gasteiger partial charge < -0.3 is 14.9 Å². The minimum Gasteiger partial charge on any atom is -0.506 e. The molecule has 7 heteroatoms. The van der Waals surface area contributed by atoms with E-state index in [-0.39, 0.29) is 11.7 Å². The van der Waals surface area contributed by atoms with E-state index in [2.05, 4.69) is 4.90 Å². The number of halogens is 1. The Morgan fingerprint density at radius 3 is 2.21 bits per heavy atom. The number of benzene rings is 3. The topological polar surface area (TPSA) is 61.6 Å². The minimum absolute atomic E-state index is 0.0662. The molecule has 0 bridgehead atoms. The van der Waals surface area contributed by atoms with Crippen LogP contribution in [-0.4, -0.2) is 51.9 Å². The quantitative estimate of drug-likeness (QED) is 0.474. The molecule has 1 fully saturated rings. The van der Waals surface area contributed by atoms with Crippen LogP contribution in [0.4, 0.5) is 5.69 Å². The molecule has 0 unspecified atom stereocenters. The van der Waals surface area contributed by atoms with Crippen molar-refractivity contribution in [3.63, 3.8) is 0 Å². The third kappa shape index (κ3) is 4.30. The highest BCUT2D eigenvalue weighted by molar-refractivity contribution is 6.30. The number of rotatable bonds is 4. The average molecular weight is 459 g/mol.